The van der Waals surface area contributed by atoms with Crippen molar-refractivity contribution >= 4 is 29.2 Å². The minimum Gasteiger partial charge on any atom is -0.477 e. The fourth-order valence-electron chi connectivity index (χ4n) is 1.48. The highest BCUT2D eigenvalue weighted by molar-refractivity contribution is 7.13. The maximum Gasteiger partial charge on any atom is 0.347 e. The highest BCUT2D eigenvalue weighted by Gasteiger charge is 2.14. The lowest BCUT2D eigenvalue weighted by Crippen LogP contribution is -2.28. The van der Waals surface area contributed by atoms with Crippen LogP contribution in [0.25, 0.3) is 0 Å². The number of nitrogens with one attached hydrogen (secondary N) is 2. The Morgan fingerprint density at radius 1 is 1.40 bits per heavy atom. The number of rotatable bonds is 4. The number of urea groups is 1. The predicted molar refractivity (Wildman–Crippen MR) is 73.9 cm³/mol. The van der Waals surface area contributed by atoms with Crippen molar-refractivity contribution in [2.24, 2.45) is 0 Å². The Hall–Kier alpha value is -2.48. The standard InChI is InChI=1S/C12H12N4O3S/c1-7-10(11(17)18)20-9(15-7)6-14-12(19)16-8-4-2-3-5-13-8/h2-5H,6H2,1H3,(H,17,18)(H2,13,14,16,19). The van der Waals surface area contributed by atoms with E-state index in [0.29, 0.717) is 16.5 Å². The number of carbonyl (C=O) groups excluding carboxylic acids is 1. The molecule has 0 aromatic carbocycles. The number of hydrogen-bond donors (Lipinski definition) is 3. The van der Waals surface area contributed by atoms with Gasteiger partial charge in [0.05, 0.1) is 12.2 Å². The molecule has 104 valence electrons. The fraction of sp³-hybridized carbons (Fsp3) is 0.167. The van der Waals surface area contributed by atoms with E-state index in [1.807, 2.05) is 0 Å². The zero-order valence-electron chi connectivity index (χ0n) is 10.6. The van der Waals surface area contributed by atoms with Gasteiger partial charge in [0.25, 0.3) is 0 Å². The number of aromatic nitrogens is 2. The molecule has 2 heterocycles. The van der Waals surface area contributed by atoms with E-state index in [0.717, 1.165) is 11.3 Å². The first-order valence-corrected chi connectivity index (χ1v) is 6.53. The van der Waals surface area contributed by atoms with Crippen molar-refractivity contribution in [2.45, 2.75) is 13.5 Å². The van der Waals surface area contributed by atoms with Crippen molar-refractivity contribution in [3.05, 3.63) is 40.0 Å². The van der Waals surface area contributed by atoms with Crippen molar-refractivity contribution < 1.29 is 14.7 Å². The van der Waals surface area contributed by atoms with E-state index in [2.05, 4.69) is 20.6 Å². The molecule has 0 saturated heterocycles. The molecule has 2 amide bonds. The zero-order valence-corrected chi connectivity index (χ0v) is 11.4. The van der Waals surface area contributed by atoms with E-state index < -0.39 is 12.0 Å². The average molecular weight is 292 g/mol. The summed E-state index contributed by atoms with van der Waals surface area (Å²) in [5.41, 5.74) is 0.449. The summed E-state index contributed by atoms with van der Waals surface area (Å²) < 4.78 is 0. The number of hydrogen-bond acceptors (Lipinski definition) is 5. The summed E-state index contributed by atoms with van der Waals surface area (Å²) in [6.07, 6.45) is 1.57. The molecule has 8 heteroatoms. The second-order valence-electron chi connectivity index (χ2n) is 3.85. The molecular formula is C12H12N4O3S. The topological polar surface area (TPSA) is 104 Å². The molecule has 0 radical (unpaired) electrons. The summed E-state index contributed by atoms with van der Waals surface area (Å²) in [4.78, 5) is 30.7. The van der Waals surface area contributed by atoms with E-state index >= 15 is 0 Å². The van der Waals surface area contributed by atoms with E-state index in [-0.39, 0.29) is 11.4 Å². The number of thiazole rings is 1. The summed E-state index contributed by atoms with van der Waals surface area (Å²) in [7, 11) is 0. The Morgan fingerprint density at radius 3 is 2.80 bits per heavy atom. The molecule has 2 aromatic rings. The van der Waals surface area contributed by atoms with Crippen molar-refractivity contribution in [3.63, 3.8) is 0 Å². The van der Waals surface area contributed by atoms with E-state index in [9.17, 15) is 9.59 Å². The number of anilines is 1. The number of nitrogens with zero attached hydrogens (tertiary/aromatic N) is 2. The molecule has 0 aliphatic heterocycles. The zero-order chi connectivity index (χ0) is 14.5. The molecule has 3 N–H and O–H groups in total. The van der Waals surface area contributed by atoms with Crippen molar-refractivity contribution in [3.8, 4) is 0 Å². The lowest BCUT2D eigenvalue weighted by molar-refractivity contribution is 0.0701. The first kappa shape index (κ1) is 13.9. The van der Waals surface area contributed by atoms with Crippen molar-refractivity contribution in [2.75, 3.05) is 5.32 Å². The molecule has 0 fully saturated rings. The largest absolute Gasteiger partial charge is 0.477 e. The van der Waals surface area contributed by atoms with Gasteiger partial charge in [0.1, 0.15) is 15.7 Å². The quantitative estimate of drug-likeness (QED) is 0.798. The van der Waals surface area contributed by atoms with Gasteiger partial charge in [-0.2, -0.15) is 0 Å². The minimum atomic E-state index is -1.01. The van der Waals surface area contributed by atoms with Gasteiger partial charge in [0.15, 0.2) is 0 Å². The molecule has 20 heavy (non-hydrogen) atoms. The Balaban J connectivity index is 1.90. The number of carboxylic acid groups (broad SMARTS) is 1. The maximum atomic E-state index is 11.6. The van der Waals surface area contributed by atoms with Gasteiger partial charge < -0.3 is 10.4 Å². The van der Waals surface area contributed by atoms with Crippen LogP contribution in [0.3, 0.4) is 0 Å². The van der Waals surface area contributed by atoms with Crippen LogP contribution < -0.4 is 10.6 Å². The molecule has 0 saturated carbocycles. The van der Waals surface area contributed by atoms with Crippen molar-refractivity contribution in [1.29, 1.82) is 0 Å². The summed E-state index contributed by atoms with van der Waals surface area (Å²) in [5, 5.41) is 14.6. The Kier molecular flexibility index (Phi) is 4.26. The lowest BCUT2D eigenvalue weighted by atomic mass is 10.4. The number of aromatic carboxylic acids is 1. The van der Waals surface area contributed by atoms with Crippen LogP contribution in [0.5, 0.6) is 0 Å². The van der Waals surface area contributed by atoms with Gasteiger partial charge in [0.2, 0.25) is 0 Å². The number of carbonyl (C=O) groups is 2. The van der Waals surface area contributed by atoms with E-state index in [1.165, 1.54) is 0 Å². The number of pyridine rings is 1. The van der Waals surface area contributed by atoms with Crippen LogP contribution in [0.1, 0.15) is 20.4 Å². The smallest absolute Gasteiger partial charge is 0.347 e. The molecule has 0 bridgehead atoms. The van der Waals surface area contributed by atoms with Crippen LogP contribution in [0.15, 0.2) is 24.4 Å². The molecule has 2 rings (SSSR count). The maximum absolute atomic E-state index is 11.6. The number of amides is 2. The van der Waals surface area contributed by atoms with Crippen molar-refractivity contribution in [1.82, 2.24) is 15.3 Å². The molecule has 7 nitrogen and oxygen atoms in total. The molecule has 0 aliphatic rings. The summed E-state index contributed by atoms with van der Waals surface area (Å²) in [6.45, 7) is 1.79. The molecular weight excluding hydrogens is 280 g/mol. The minimum absolute atomic E-state index is 0.164. The van der Waals surface area contributed by atoms with Gasteiger partial charge in [-0.25, -0.2) is 19.6 Å². The monoisotopic (exact) mass is 292 g/mol. The van der Waals surface area contributed by atoms with Crippen LogP contribution in [0.4, 0.5) is 10.6 Å². The Labute approximate surface area is 118 Å². The van der Waals surface area contributed by atoms with Gasteiger partial charge in [-0.15, -0.1) is 11.3 Å². The van der Waals surface area contributed by atoms with Crippen LogP contribution in [-0.2, 0) is 6.54 Å². The molecule has 0 aliphatic carbocycles. The Bertz CT molecular complexity index is 627. The Morgan fingerprint density at radius 2 is 2.20 bits per heavy atom. The SMILES string of the molecule is Cc1nc(CNC(=O)Nc2ccccn2)sc1C(=O)O. The number of carboxylic acids is 1. The molecule has 0 unspecified atom stereocenters. The highest BCUT2D eigenvalue weighted by Crippen LogP contribution is 2.17. The predicted octanol–water partition coefficient (Wildman–Crippen LogP) is 1.87. The van der Waals surface area contributed by atoms with Gasteiger partial charge in [-0.1, -0.05) is 6.07 Å². The normalized spacial score (nSPS) is 10.1. The third kappa shape index (κ3) is 3.51. The first-order chi connectivity index (χ1) is 9.56. The highest BCUT2D eigenvalue weighted by atomic mass is 32.1. The third-order valence-corrected chi connectivity index (χ3v) is 3.49. The van der Waals surface area contributed by atoms with E-state index in [4.69, 9.17) is 5.11 Å². The van der Waals surface area contributed by atoms with Crippen LogP contribution in [0.2, 0.25) is 0 Å². The van der Waals surface area contributed by atoms with Gasteiger partial charge in [-0.05, 0) is 19.1 Å². The second-order valence-corrected chi connectivity index (χ2v) is 4.93. The summed E-state index contributed by atoms with van der Waals surface area (Å²) >= 11 is 1.05. The van der Waals surface area contributed by atoms with Crippen LogP contribution in [-0.4, -0.2) is 27.1 Å². The second kappa shape index (κ2) is 6.11. The third-order valence-electron chi connectivity index (χ3n) is 2.34. The molecule has 0 atom stereocenters. The molecule has 2 aromatic heterocycles. The fourth-order valence-corrected chi connectivity index (χ4v) is 2.32. The van der Waals surface area contributed by atoms with E-state index in [1.54, 1.807) is 31.3 Å². The van der Waals surface area contributed by atoms with Crippen LogP contribution in [0, 0.1) is 6.92 Å². The summed E-state index contributed by atoms with van der Waals surface area (Å²) in [5.74, 6) is -0.573. The molecule has 0 spiro atoms. The average Bonchev–Trinajstić information content (AvgIpc) is 2.79. The van der Waals surface area contributed by atoms with Gasteiger partial charge in [0, 0.05) is 6.20 Å². The van der Waals surface area contributed by atoms with Gasteiger partial charge in [-0.3, -0.25) is 5.32 Å². The summed E-state index contributed by atoms with van der Waals surface area (Å²) in [6, 6.07) is 4.74. The number of aryl methyl sites for hydroxylation is 1. The van der Waals surface area contributed by atoms with Gasteiger partial charge >= 0.3 is 12.0 Å². The van der Waals surface area contributed by atoms with Crippen LogP contribution >= 0.6 is 11.3 Å². The first-order valence-electron chi connectivity index (χ1n) is 5.71. The lowest BCUT2D eigenvalue weighted by Gasteiger charge is -2.04.